The van der Waals surface area contributed by atoms with Crippen LogP contribution in [0.2, 0.25) is 0 Å². The van der Waals surface area contributed by atoms with Gasteiger partial charge in [0.15, 0.2) is 0 Å². The molecule has 1 N–H and O–H groups in total. The monoisotopic (exact) mass is 204 g/mol. The van der Waals surface area contributed by atoms with Gasteiger partial charge < -0.3 is 10.2 Å². The Kier molecular flexibility index (Phi) is 24.9. The van der Waals surface area contributed by atoms with Crippen LogP contribution in [0.15, 0.2) is 0 Å². The molecule has 0 aliphatic rings. The van der Waals surface area contributed by atoms with Crippen molar-refractivity contribution in [2.24, 2.45) is 0 Å². The highest BCUT2D eigenvalue weighted by Gasteiger charge is 1.98. The third kappa shape index (κ3) is 30.1. The van der Waals surface area contributed by atoms with E-state index in [1.165, 1.54) is 12.8 Å². The van der Waals surface area contributed by atoms with Crippen LogP contribution in [0, 0.1) is 0 Å². The van der Waals surface area contributed by atoms with E-state index in [-0.39, 0.29) is 5.91 Å². The second-order valence-electron chi connectivity index (χ2n) is 3.23. The van der Waals surface area contributed by atoms with Crippen LogP contribution in [0.1, 0.15) is 40.5 Å². The van der Waals surface area contributed by atoms with E-state index in [2.05, 4.69) is 33.0 Å². The molecule has 0 saturated carbocycles. The zero-order valence-electron chi connectivity index (χ0n) is 11.0. The van der Waals surface area contributed by atoms with Crippen molar-refractivity contribution in [1.82, 2.24) is 10.2 Å². The summed E-state index contributed by atoms with van der Waals surface area (Å²) in [6.07, 6.45) is 2.50. The lowest BCUT2D eigenvalue weighted by Crippen LogP contribution is -2.30. The summed E-state index contributed by atoms with van der Waals surface area (Å²) in [5.41, 5.74) is 0. The van der Waals surface area contributed by atoms with Crippen molar-refractivity contribution in [3.63, 3.8) is 0 Å². The van der Waals surface area contributed by atoms with Gasteiger partial charge in [-0.1, -0.05) is 40.5 Å². The molecule has 1 amide bonds. The third-order valence-electron chi connectivity index (χ3n) is 0.827. The van der Waals surface area contributed by atoms with E-state index in [1.54, 1.807) is 26.0 Å². The number of nitrogens with one attached hydrogen (secondary N) is 1. The number of likely N-dealkylation sites (N-methyl/N-ethyl adjacent to an activating group) is 2. The van der Waals surface area contributed by atoms with E-state index in [0.29, 0.717) is 6.54 Å². The molecule has 0 aromatic heterocycles. The normalized spacial score (nSPS) is 7.64. The van der Waals surface area contributed by atoms with Crippen molar-refractivity contribution in [2.75, 3.05) is 27.7 Å². The highest BCUT2D eigenvalue weighted by Crippen LogP contribution is 1.72. The zero-order chi connectivity index (χ0) is 12.0. The van der Waals surface area contributed by atoms with Crippen molar-refractivity contribution < 1.29 is 4.79 Å². The van der Waals surface area contributed by atoms with Crippen molar-refractivity contribution in [3.8, 4) is 0 Å². The summed E-state index contributed by atoms with van der Waals surface area (Å²) in [7, 11) is 5.22. The summed E-state index contributed by atoms with van der Waals surface area (Å²) in [4.78, 5) is 12.2. The molecule has 88 valence electrons. The van der Waals surface area contributed by atoms with Crippen molar-refractivity contribution in [1.29, 1.82) is 0 Å². The van der Waals surface area contributed by atoms with Gasteiger partial charge in [0.1, 0.15) is 0 Å². The molecule has 14 heavy (non-hydrogen) atoms. The molecule has 0 bridgehead atoms. The lowest BCUT2D eigenvalue weighted by molar-refractivity contribution is -0.127. The van der Waals surface area contributed by atoms with E-state index in [9.17, 15) is 4.79 Å². The first-order chi connectivity index (χ1) is 6.51. The number of hydrogen-bond acceptors (Lipinski definition) is 2. The Balaban J connectivity index is -0.000000168. The minimum absolute atomic E-state index is 0.104. The SMILES string of the molecule is CCC.CCC.CNCC(=O)N(C)C. The van der Waals surface area contributed by atoms with Gasteiger partial charge in [-0.3, -0.25) is 4.79 Å². The quantitative estimate of drug-likeness (QED) is 0.747. The van der Waals surface area contributed by atoms with Gasteiger partial charge in [0.05, 0.1) is 6.54 Å². The number of carbonyl (C=O) groups excluding carboxylic acids is 1. The van der Waals surface area contributed by atoms with Crippen molar-refractivity contribution in [2.45, 2.75) is 40.5 Å². The molecule has 0 aliphatic carbocycles. The van der Waals surface area contributed by atoms with Crippen LogP contribution in [-0.4, -0.2) is 38.5 Å². The minimum atomic E-state index is 0.104. The molecule has 0 spiro atoms. The van der Waals surface area contributed by atoms with Gasteiger partial charge in [0.25, 0.3) is 0 Å². The number of rotatable bonds is 2. The van der Waals surface area contributed by atoms with Gasteiger partial charge in [-0.2, -0.15) is 0 Å². The molecular weight excluding hydrogens is 176 g/mol. The second kappa shape index (κ2) is 18.3. The molecule has 0 saturated heterocycles. The van der Waals surface area contributed by atoms with Crippen LogP contribution >= 0.6 is 0 Å². The lowest BCUT2D eigenvalue weighted by atomic mass is 10.5. The molecule has 0 rings (SSSR count). The molecule has 0 aromatic carbocycles. The van der Waals surface area contributed by atoms with E-state index < -0.39 is 0 Å². The molecule has 0 radical (unpaired) electrons. The summed E-state index contributed by atoms with van der Waals surface area (Å²) in [6.45, 7) is 8.92. The van der Waals surface area contributed by atoms with Gasteiger partial charge in [-0.05, 0) is 7.05 Å². The van der Waals surface area contributed by atoms with Gasteiger partial charge in [-0.25, -0.2) is 0 Å². The summed E-state index contributed by atoms with van der Waals surface area (Å²) >= 11 is 0. The maximum absolute atomic E-state index is 10.6. The van der Waals surface area contributed by atoms with Gasteiger partial charge >= 0.3 is 0 Å². The van der Waals surface area contributed by atoms with Crippen LogP contribution in [-0.2, 0) is 4.79 Å². The first-order valence-corrected chi connectivity index (χ1v) is 5.36. The number of hydrogen-bond donors (Lipinski definition) is 1. The molecule has 3 nitrogen and oxygen atoms in total. The molecule has 0 aromatic rings. The van der Waals surface area contributed by atoms with Gasteiger partial charge in [-0.15, -0.1) is 0 Å². The first-order valence-electron chi connectivity index (χ1n) is 5.36. The van der Waals surface area contributed by atoms with Crippen molar-refractivity contribution in [3.05, 3.63) is 0 Å². The second-order valence-corrected chi connectivity index (χ2v) is 3.23. The number of amides is 1. The molecular formula is C11H28N2O. The molecule has 3 heteroatoms. The van der Waals surface area contributed by atoms with E-state index in [4.69, 9.17) is 0 Å². The van der Waals surface area contributed by atoms with Crippen LogP contribution < -0.4 is 5.32 Å². The average Bonchev–Trinajstić information content (AvgIpc) is 2.07. The number of nitrogens with zero attached hydrogens (tertiary/aromatic N) is 1. The Bertz CT molecular complexity index is 101. The predicted octanol–water partition coefficient (Wildman–Crippen LogP) is 2.13. The Hall–Kier alpha value is -0.570. The minimum Gasteiger partial charge on any atom is -0.348 e. The maximum Gasteiger partial charge on any atom is 0.235 e. The largest absolute Gasteiger partial charge is 0.348 e. The molecule has 0 atom stereocenters. The summed E-state index contributed by atoms with van der Waals surface area (Å²) in [5, 5.41) is 2.76. The van der Waals surface area contributed by atoms with E-state index in [0.717, 1.165) is 0 Å². The molecule has 0 fully saturated rings. The molecule has 0 unspecified atom stereocenters. The number of carbonyl (C=O) groups is 1. The highest BCUT2D eigenvalue weighted by atomic mass is 16.2. The summed E-state index contributed by atoms with van der Waals surface area (Å²) < 4.78 is 0. The molecule has 0 aliphatic heterocycles. The van der Waals surface area contributed by atoms with E-state index >= 15 is 0 Å². The van der Waals surface area contributed by atoms with Crippen LogP contribution in [0.4, 0.5) is 0 Å². The Morgan fingerprint density at radius 1 is 1.07 bits per heavy atom. The standard InChI is InChI=1S/C5H12N2O.2C3H8/c1-6-4-5(8)7(2)3;2*1-3-2/h6H,4H2,1-3H3;2*3H2,1-2H3. The highest BCUT2D eigenvalue weighted by molar-refractivity contribution is 5.77. The van der Waals surface area contributed by atoms with Crippen molar-refractivity contribution >= 4 is 5.91 Å². The van der Waals surface area contributed by atoms with Crippen LogP contribution in [0.5, 0.6) is 0 Å². The van der Waals surface area contributed by atoms with Gasteiger partial charge in [0.2, 0.25) is 5.91 Å². The molecule has 0 heterocycles. The Morgan fingerprint density at radius 2 is 1.36 bits per heavy atom. The van der Waals surface area contributed by atoms with Crippen LogP contribution in [0.3, 0.4) is 0 Å². The fourth-order valence-corrected chi connectivity index (χ4v) is 0.309. The topological polar surface area (TPSA) is 32.3 Å². The fraction of sp³-hybridized carbons (Fsp3) is 0.909. The lowest BCUT2D eigenvalue weighted by Gasteiger charge is -2.07. The Labute approximate surface area is 89.9 Å². The predicted molar refractivity (Wildman–Crippen MR) is 64.6 cm³/mol. The fourth-order valence-electron chi connectivity index (χ4n) is 0.309. The summed E-state index contributed by atoms with van der Waals surface area (Å²) in [6, 6.07) is 0. The third-order valence-corrected chi connectivity index (χ3v) is 0.827. The van der Waals surface area contributed by atoms with Crippen LogP contribution in [0.25, 0.3) is 0 Å². The average molecular weight is 204 g/mol. The smallest absolute Gasteiger partial charge is 0.235 e. The first kappa shape index (κ1) is 19.1. The Morgan fingerprint density at radius 3 is 1.43 bits per heavy atom. The van der Waals surface area contributed by atoms with E-state index in [1.807, 2.05) is 0 Å². The zero-order valence-corrected chi connectivity index (χ0v) is 11.0. The summed E-state index contributed by atoms with van der Waals surface area (Å²) in [5.74, 6) is 0.104. The van der Waals surface area contributed by atoms with Gasteiger partial charge in [0, 0.05) is 14.1 Å². The maximum atomic E-state index is 10.6.